The molecule has 0 saturated carbocycles. The van der Waals surface area contributed by atoms with Crippen LogP contribution in [0, 0.1) is 0 Å². The maximum atomic E-state index is 5.89. The van der Waals surface area contributed by atoms with Gasteiger partial charge in [-0.2, -0.15) is 0 Å². The Morgan fingerprint density at radius 2 is 2.15 bits per heavy atom. The lowest BCUT2D eigenvalue weighted by Gasteiger charge is -2.17. The molecular formula is C18H22ClN5OS. The van der Waals surface area contributed by atoms with Crippen LogP contribution in [0.1, 0.15) is 19.5 Å². The summed E-state index contributed by atoms with van der Waals surface area (Å²) < 4.78 is 7.88. The van der Waals surface area contributed by atoms with Crippen molar-refractivity contribution in [3.63, 3.8) is 0 Å². The van der Waals surface area contributed by atoms with E-state index in [1.807, 2.05) is 60.3 Å². The summed E-state index contributed by atoms with van der Waals surface area (Å²) >= 11 is 7.51. The maximum absolute atomic E-state index is 5.89. The number of hydrogen-bond acceptors (Lipinski definition) is 4. The summed E-state index contributed by atoms with van der Waals surface area (Å²) in [5, 5.41) is 9.26. The van der Waals surface area contributed by atoms with Gasteiger partial charge in [-0.3, -0.25) is 4.40 Å². The SMILES string of the molecule is CCNC(=NCc1cn2ccsc2n1)NCC(C)Oc1ccc(Cl)cc1. The zero-order valence-electron chi connectivity index (χ0n) is 14.8. The van der Waals surface area contributed by atoms with Gasteiger partial charge in [-0.1, -0.05) is 11.6 Å². The molecule has 0 saturated heterocycles. The van der Waals surface area contributed by atoms with Gasteiger partial charge in [-0.25, -0.2) is 9.98 Å². The molecule has 2 heterocycles. The molecule has 0 fully saturated rings. The fraction of sp³-hybridized carbons (Fsp3) is 0.333. The van der Waals surface area contributed by atoms with Crippen LogP contribution in [0.5, 0.6) is 5.75 Å². The van der Waals surface area contributed by atoms with Crippen LogP contribution in [0.4, 0.5) is 0 Å². The molecule has 3 rings (SSSR count). The van der Waals surface area contributed by atoms with Gasteiger partial charge < -0.3 is 15.4 Å². The van der Waals surface area contributed by atoms with Crippen molar-refractivity contribution < 1.29 is 4.74 Å². The Morgan fingerprint density at radius 1 is 1.35 bits per heavy atom. The second-order valence-electron chi connectivity index (χ2n) is 5.78. The van der Waals surface area contributed by atoms with Gasteiger partial charge in [-0.05, 0) is 38.1 Å². The first kappa shape index (κ1) is 18.5. The monoisotopic (exact) mass is 391 g/mol. The van der Waals surface area contributed by atoms with Gasteiger partial charge in [-0.15, -0.1) is 11.3 Å². The third-order valence-electron chi connectivity index (χ3n) is 3.59. The maximum Gasteiger partial charge on any atom is 0.193 e. The van der Waals surface area contributed by atoms with Gasteiger partial charge in [0.15, 0.2) is 10.9 Å². The Labute approximate surface area is 161 Å². The van der Waals surface area contributed by atoms with Crippen LogP contribution in [0.15, 0.2) is 47.0 Å². The summed E-state index contributed by atoms with van der Waals surface area (Å²) in [5.41, 5.74) is 0.944. The Kier molecular flexibility index (Phi) is 6.35. The number of aromatic nitrogens is 2. The zero-order chi connectivity index (χ0) is 18.4. The van der Waals surface area contributed by atoms with Gasteiger partial charge >= 0.3 is 0 Å². The summed E-state index contributed by atoms with van der Waals surface area (Å²) in [6.45, 7) is 5.99. The first-order valence-corrected chi connectivity index (χ1v) is 9.75. The van der Waals surface area contributed by atoms with Crippen LogP contribution in [-0.4, -0.2) is 34.5 Å². The third-order valence-corrected chi connectivity index (χ3v) is 4.62. The summed E-state index contributed by atoms with van der Waals surface area (Å²) in [6.07, 6.45) is 3.99. The molecule has 1 atom stereocenters. The van der Waals surface area contributed by atoms with E-state index in [0.29, 0.717) is 18.1 Å². The normalized spacial score (nSPS) is 13.0. The largest absolute Gasteiger partial charge is 0.489 e. The molecule has 8 heteroatoms. The molecule has 1 unspecified atom stereocenters. The van der Waals surface area contributed by atoms with E-state index in [4.69, 9.17) is 16.3 Å². The smallest absolute Gasteiger partial charge is 0.193 e. The van der Waals surface area contributed by atoms with Gasteiger partial charge in [0.2, 0.25) is 0 Å². The van der Waals surface area contributed by atoms with E-state index in [-0.39, 0.29) is 6.10 Å². The Balaban J connectivity index is 1.53. The van der Waals surface area contributed by atoms with Crippen molar-refractivity contribution in [2.45, 2.75) is 26.5 Å². The highest BCUT2D eigenvalue weighted by Crippen LogP contribution is 2.16. The van der Waals surface area contributed by atoms with E-state index in [2.05, 4.69) is 20.6 Å². The molecule has 2 N–H and O–H groups in total. The van der Waals surface area contributed by atoms with Crippen molar-refractivity contribution in [1.29, 1.82) is 0 Å². The summed E-state index contributed by atoms with van der Waals surface area (Å²) in [4.78, 5) is 10.1. The fourth-order valence-corrected chi connectivity index (χ4v) is 3.23. The number of fused-ring (bicyclic) bond motifs is 1. The molecule has 2 aromatic heterocycles. The number of benzene rings is 1. The van der Waals surface area contributed by atoms with Crippen molar-refractivity contribution in [2.24, 2.45) is 4.99 Å². The van der Waals surface area contributed by atoms with Crippen LogP contribution in [0.3, 0.4) is 0 Å². The van der Waals surface area contributed by atoms with Gasteiger partial charge in [0.05, 0.1) is 18.8 Å². The Hall–Kier alpha value is -2.25. The molecule has 0 aliphatic rings. The lowest BCUT2D eigenvalue weighted by atomic mass is 10.3. The number of rotatable bonds is 7. The molecular weight excluding hydrogens is 370 g/mol. The Bertz CT molecular complexity index is 829. The third kappa shape index (κ3) is 5.12. The molecule has 6 nitrogen and oxygen atoms in total. The van der Waals surface area contributed by atoms with Gasteiger partial charge in [0, 0.05) is 29.3 Å². The fourth-order valence-electron chi connectivity index (χ4n) is 2.38. The van der Waals surface area contributed by atoms with Crippen molar-refractivity contribution in [3.05, 3.63) is 52.8 Å². The van der Waals surface area contributed by atoms with Crippen molar-refractivity contribution in [3.8, 4) is 5.75 Å². The summed E-state index contributed by atoms with van der Waals surface area (Å²) in [6, 6.07) is 7.36. The number of imidazole rings is 1. The van der Waals surface area contributed by atoms with E-state index in [1.165, 1.54) is 0 Å². The number of guanidine groups is 1. The highest BCUT2D eigenvalue weighted by Gasteiger charge is 2.07. The van der Waals surface area contributed by atoms with E-state index in [1.54, 1.807) is 11.3 Å². The molecule has 0 amide bonds. The average molecular weight is 392 g/mol. The van der Waals surface area contributed by atoms with E-state index in [9.17, 15) is 0 Å². The van der Waals surface area contributed by atoms with Crippen LogP contribution in [-0.2, 0) is 6.54 Å². The number of aliphatic imine (C=N–C) groups is 1. The number of ether oxygens (including phenoxy) is 1. The number of halogens is 1. The van der Waals surface area contributed by atoms with Crippen LogP contribution in [0.25, 0.3) is 4.96 Å². The van der Waals surface area contributed by atoms with Crippen molar-refractivity contribution in [2.75, 3.05) is 13.1 Å². The highest BCUT2D eigenvalue weighted by molar-refractivity contribution is 7.15. The van der Waals surface area contributed by atoms with Crippen LogP contribution in [0.2, 0.25) is 5.02 Å². The average Bonchev–Trinajstić information content (AvgIpc) is 3.21. The molecule has 138 valence electrons. The van der Waals surface area contributed by atoms with Crippen molar-refractivity contribution >= 4 is 33.9 Å². The molecule has 26 heavy (non-hydrogen) atoms. The quantitative estimate of drug-likeness (QED) is 0.477. The van der Waals surface area contributed by atoms with E-state index in [0.717, 1.165) is 28.9 Å². The number of nitrogens with one attached hydrogen (secondary N) is 2. The summed E-state index contributed by atoms with van der Waals surface area (Å²) in [7, 11) is 0. The van der Waals surface area contributed by atoms with E-state index >= 15 is 0 Å². The number of thiazole rings is 1. The second-order valence-corrected chi connectivity index (χ2v) is 7.09. The first-order valence-electron chi connectivity index (χ1n) is 8.49. The van der Waals surface area contributed by atoms with Gasteiger partial charge in [0.1, 0.15) is 11.9 Å². The minimum atomic E-state index is -0.0158. The minimum absolute atomic E-state index is 0.0158. The Morgan fingerprint density at radius 3 is 2.88 bits per heavy atom. The predicted octanol–water partition coefficient (Wildman–Crippen LogP) is 3.57. The minimum Gasteiger partial charge on any atom is -0.489 e. The summed E-state index contributed by atoms with van der Waals surface area (Å²) in [5.74, 6) is 1.54. The van der Waals surface area contributed by atoms with Crippen molar-refractivity contribution in [1.82, 2.24) is 20.0 Å². The lowest BCUT2D eigenvalue weighted by Crippen LogP contribution is -2.41. The topological polar surface area (TPSA) is 63.0 Å². The molecule has 0 aliphatic heterocycles. The predicted molar refractivity (Wildman–Crippen MR) is 107 cm³/mol. The molecule has 0 bridgehead atoms. The lowest BCUT2D eigenvalue weighted by molar-refractivity contribution is 0.224. The standard InChI is InChI=1S/C18H22ClN5OS/c1-3-20-17(22-11-15-12-24-8-9-26-18(24)23-15)21-10-13(2)25-16-6-4-14(19)5-7-16/h4-9,12-13H,3,10-11H2,1-2H3,(H2,20,21,22). The van der Waals surface area contributed by atoms with Crippen LogP contribution >= 0.6 is 22.9 Å². The number of nitrogens with zero attached hydrogens (tertiary/aromatic N) is 3. The molecule has 1 aromatic carbocycles. The first-order chi connectivity index (χ1) is 12.6. The van der Waals surface area contributed by atoms with Gasteiger partial charge in [0.25, 0.3) is 0 Å². The second kappa shape index (κ2) is 8.91. The zero-order valence-corrected chi connectivity index (χ0v) is 16.3. The molecule has 0 aliphatic carbocycles. The van der Waals surface area contributed by atoms with E-state index < -0.39 is 0 Å². The molecule has 0 spiro atoms. The van der Waals surface area contributed by atoms with Crippen LogP contribution < -0.4 is 15.4 Å². The highest BCUT2D eigenvalue weighted by atomic mass is 35.5. The molecule has 0 radical (unpaired) electrons. The number of hydrogen-bond donors (Lipinski definition) is 2. The molecule has 3 aromatic rings.